The van der Waals surface area contributed by atoms with E-state index in [9.17, 15) is 0 Å². The maximum Gasteiger partial charge on any atom is 0.0907 e. The quantitative estimate of drug-likeness (QED) is 0.596. The Morgan fingerprint density at radius 3 is 2.55 bits per heavy atom. The van der Waals surface area contributed by atoms with Crippen LogP contribution in [0.5, 0.6) is 0 Å². The fourth-order valence-electron chi connectivity index (χ4n) is 0.738. The zero-order valence-electron chi connectivity index (χ0n) is 6.23. The van der Waals surface area contributed by atoms with Crippen LogP contribution < -0.4 is 0 Å². The summed E-state index contributed by atoms with van der Waals surface area (Å²) in [5.41, 5.74) is 1.12. The Morgan fingerprint density at radius 1 is 1.18 bits per heavy atom. The van der Waals surface area contributed by atoms with E-state index in [-0.39, 0.29) is 0 Å². The zero-order valence-corrected chi connectivity index (χ0v) is 6.23. The van der Waals surface area contributed by atoms with E-state index in [2.05, 4.69) is 6.58 Å². The number of ether oxygens (including phenoxy) is 1. The van der Waals surface area contributed by atoms with Crippen LogP contribution in [0.3, 0.4) is 0 Å². The molecule has 0 heterocycles. The molecule has 1 aromatic rings. The van der Waals surface area contributed by atoms with Crippen molar-refractivity contribution in [2.75, 3.05) is 0 Å². The Kier molecular flexibility index (Phi) is 3.00. The van der Waals surface area contributed by atoms with Crippen LogP contribution >= 0.6 is 0 Å². The standard InChI is InChI=1S/C10H10O/c1-2-11-9-8-10-6-4-3-5-7-10/h2-9H,1H2/b9-8+. The first-order valence-corrected chi connectivity index (χ1v) is 3.41. The maximum absolute atomic E-state index is 4.82. The van der Waals surface area contributed by atoms with Crippen molar-refractivity contribution in [2.45, 2.75) is 0 Å². The summed E-state index contributed by atoms with van der Waals surface area (Å²) in [6.45, 7) is 3.42. The fraction of sp³-hybridized carbons (Fsp3) is 0. The molecule has 0 amide bonds. The van der Waals surface area contributed by atoms with Gasteiger partial charge < -0.3 is 4.74 Å². The third kappa shape index (κ3) is 2.72. The SMILES string of the molecule is C=CO/C=C/c1ccccc1. The molecule has 56 valence electrons. The van der Waals surface area contributed by atoms with Crippen LogP contribution in [0, 0.1) is 0 Å². The van der Waals surface area contributed by atoms with Crippen molar-refractivity contribution in [3.63, 3.8) is 0 Å². The number of hydrogen-bond donors (Lipinski definition) is 0. The lowest BCUT2D eigenvalue weighted by molar-refractivity contribution is 0.408. The van der Waals surface area contributed by atoms with Gasteiger partial charge in [-0.3, -0.25) is 0 Å². The molecule has 0 unspecified atom stereocenters. The molecule has 0 saturated carbocycles. The summed E-state index contributed by atoms with van der Waals surface area (Å²) in [5.74, 6) is 0. The van der Waals surface area contributed by atoms with Gasteiger partial charge in [-0.05, 0) is 11.6 Å². The number of rotatable bonds is 3. The minimum Gasteiger partial charge on any atom is -0.473 e. The van der Waals surface area contributed by atoms with E-state index in [0.29, 0.717) is 0 Å². The van der Waals surface area contributed by atoms with Crippen LogP contribution in [0.2, 0.25) is 0 Å². The first kappa shape index (κ1) is 7.61. The Morgan fingerprint density at radius 2 is 1.91 bits per heavy atom. The van der Waals surface area contributed by atoms with Gasteiger partial charge in [0.15, 0.2) is 0 Å². The predicted octanol–water partition coefficient (Wildman–Crippen LogP) is 2.82. The molecule has 0 N–H and O–H groups in total. The van der Waals surface area contributed by atoms with Crippen molar-refractivity contribution in [2.24, 2.45) is 0 Å². The molecule has 11 heavy (non-hydrogen) atoms. The predicted molar refractivity (Wildman–Crippen MR) is 46.8 cm³/mol. The van der Waals surface area contributed by atoms with E-state index in [1.807, 2.05) is 36.4 Å². The molecular weight excluding hydrogens is 136 g/mol. The van der Waals surface area contributed by atoms with Gasteiger partial charge >= 0.3 is 0 Å². The largest absolute Gasteiger partial charge is 0.473 e. The molecule has 0 atom stereocenters. The van der Waals surface area contributed by atoms with Crippen LogP contribution in [0.4, 0.5) is 0 Å². The third-order valence-corrected chi connectivity index (χ3v) is 1.23. The molecule has 0 aliphatic heterocycles. The first-order valence-electron chi connectivity index (χ1n) is 3.41. The molecule has 0 fully saturated rings. The van der Waals surface area contributed by atoms with Gasteiger partial charge in [-0.15, -0.1) is 0 Å². The Bertz CT molecular complexity index is 236. The molecule has 1 heteroatoms. The maximum atomic E-state index is 4.82. The normalized spacial score (nSPS) is 9.82. The van der Waals surface area contributed by atoms with E-state index in [0.717, 1.165) is 5.56 Å². The summed E-state index contributed by atoms with van der Waals surface area (Å²) >= 11 is 0. The Labute approximate surface area is 66.6 Å². The highest BCUT2D eigenvalue weighted by molar-refractivity contribution is 5.47. The topological polar surface area (TPSA) is 9.23 Å². The molecule has 0 aliphatic rings. The lowest BCUT2D eigenvalue weighted by Gasteiger charge is -1.90. The summed E-state index contributed by atoms with van der Waals surface area (Å²) < 4.78 is 4.82. The molecule has 0 radical (unpaired) electrons. The Hall–Kier alpha value is -1.50. The van der Waals surface area contributed by atoms with Crippen LogP contribution in [-0.4, -0.2) is 0 Å². The third-order valence-electron chi connectivity index (χ3n) is 1.23. The van der Waals surface area contributed by atoms with E-state index in [1.54, 1.807) is 6.26 Å². The van der Waals surface area contributed by atoms with Gasteiger partial charge in [0.05, 0.1) is 12.5 Å². The van der Waals surface area contributed by atoms with Crippen molar-refractivity contribution in [3.05, 3.63) is 55.0 Å². The van der Waals surface area contributed by atoms with E-state index in [4.69, 9.17) is 4.74 Å². The molecule has 0 aliphatic carbocycles. The highest BCUT2D eigenvalue weighted by Crippen LogP contribution is 2.00. The van der Waals surface area contributed by atoms with Crippen molar-refractivity contribution in [1.82, 2.24) is 0 Å². The fourth-order valence-corrected chi connectivity index (χ4v) is 0.738. The summed E-state index contributed by atoms with van der Waals surface area (Å²) in [5, 5.41) is 0. The number of hydrogen-bond acceptors (Lipinski definition) is 1. The van der Waals surface area contributed by atoms with Crippen molar-refractivity contribution >= 4 is 6.08 Å². The summed E-state index contributed by atoms with van der Waals surface area (Å²) in [6.07, 6.45) is 4.86. The second-order valence-electron chi connectivity index (χ2n) is 2.02. The highest BCUT2D eigenvalue weighted by atomic mass is 16.5. The van der Waals surface area contributed by atoms with E-state index in [1.165, 1.54) is 6.26 Å². The summed E-state index contributed by atoms with van der Waals surface area (Å²) in [7, 11) is 0. The second-order valence-corrected chi connectivity index (χ2v) is 2.02. The van der Waals surface area contributed by atoms with Gasteiger partial charge in [0, 0.05) is 0 Å². The molecule has 1 nitrogen and oxygen atoms in total. The molecule has 0 spiro atoms. The minimum absolute atomic E-state index is 1.12. The van der Waals surface area contributed by atoms with Crippen molar-refractivity contribution < 1.29 is 4.74 Å². The average molecular weight is 146 g/mol. The summed E-state index contributed by atoms with van der Waals surface area (Å²) in [4.78, 5) is 0. The molecule has 1 rings (SSSR count). The minimum atomic E-state index is 1.12. The van der Waals surface area contributed by atoms with E-state index >= 15 is 0 Å². The van der Waals surface area contributed by atoms with Gasteiger partial charge in [0.2, 0.25) is 0 Å². The van der Waals surface area contributed by atoms with E-state index < -0.39 is 0 Å². The lowest BCUT2D eigenvalue weighted by Crippen LogP contribution is -1.68. The summed E-state index contributed by atoms with van der Waals surface area (Å²) in [6, 6.07) is 9.94. The number of benzene rings is 1. The molecule has 0 saturated heterocycles. The van der Waals surface area contributed by atoms with Crippen molar-refractivity contribution in [3.8, 4) is 0 Å². The lowest BCUT2D eigenvalue weighted by atomic mass is 10.2. The van der Waals surface area contributed by atoms with Gasteiger partial charge in [0.25, 0.3) is 0 Å². The van der Waals surface area contributed by atoms with Gasteiger partial charge in [-0.1, -0.05) is 36.9 Å². The highest BCUT2D eigenvalue weighted by Gasteiger charge is 1.79. The van der Waals surface area contributed by atoms with Crippen LogP contribution in [0.1, 0.15) is 5.56 Å². The Balaban J connectivity index is 2.57. The second kappa shape index (κ2) is 4.34. The molecule has 0 aromatic heterocycles. The average Bonchev–Trinajstić information content (AvgIpc) is 2.07. The smallest absolute Gasteiger partial charge is 0.0907 e. The monoisotopic (exact) mass is 146 g/mol. The molecule has 0 bridgehead atoms. The van der Waals surface area contributed by atoms with Crippen LogP contribution in [0.25, 0.3) is 6.08 Å². The molecular formula is C10H10O. The van der Waals surface area contributed by atoms with Crippen LogP contribution in [0.15, 0.2) is 49.4 Å². The zero-order chi connectivity index (χ0) is 7.94. The van der Waals surface area contributed by atoms with Crippen molar-refractivity contribution in [1.29, 1.82) is 0 Å². The van der Waals surface area contributed by atoms with Crippen LogP contribution in [-0.2, 0) is 4.74 Å². The van der Waals surface area contributed by atoms with Gasteiger partial charge in [0.1, 0.15) is 0 Å². The first-order chi connectivity index (χ1) is 5.43. The van der Waals surface area contributed by atoms with Gasteiger partial charge in [-0.2, -0.15) is 0 Å². The van der Waals surface area contributed by atoms with Gasteiger partial charge in [-0.25, -0.2) is 0 Å². The molecule has 1 aromatic carbocycles.